The highest BCUT2D eigenvalue weighted by molar-refractivity contribution is 5.82. The van der Waals surface area contributed by atoms with Crippen LogP contribution in [-0.4, -0.2) is 55.4 Å². The van der Waals surface area contributed by atoms with Crippen molar-refractivity contribution in [2.24, 2.45) is 5.41 Å². The van der Waals surface area contributed by atoms with Crippen molar-refractivity contribution >= 4 is 5.91 Å². The maximum atomic E-state index is 13.1. The molecule has 2 aliphatic heterocycles. The number of hydrogen-bond donors (Lipinski definition) is 2. The summed E-state index contributed by atoms with van der Waals surface area (Å²) < 4.78 is 10.8. The van der Waals surface area contributed by atoms with E-state index >= 15 is 0 Å². The van der Waals surface area contributed by atoms with E-state index in [1.807, 2.05) is 18.2 Å². The Balaban J connectivity index is 1.26. The monoisotopic (exact) mass is 469 g/mol. The lowest BCUT2D eigenvalue weighted by atomic mass is 9.71. The number of likely N-dealkylation sites (tertiary alicyclic amines) is 1. The Hall–Kier alpha value is -2.05. The summed E-state index contributed by atoms with van der Waals surface area (Å²) in [5.74, 6) is 1.73. The van der Waals surface area contributed by atoms with Gasteiger partial charge in [-0.1, -0.05) is 31.1 Å². The lowest BCUT2D eigenvalue weighted by Gasteiger charge is -2.35. The van der Waals surface area contributed by atoms with Gasteiger partial charge in [0.1, 0.15) is 0 Å². The fourth-order valence-corrected chi connectivity index (χ4v) is 6.01. The predicted molar refractivity (Wildman–Crippen MR) is 136 cm³/mol. The maximum Gasteiger partial charge on any atom is 0.237 e. The van der Waals surface area contributed by atoms with Crippen molar-refractivity contribution < 1.29 is 14.3 Å². The highest BCUT2D eigenvalue weighted by Crippen LogP contribution is 2.41. The summed E-state index contributed by atoms with van der Waals surface area (Å²) in [6, 6.07) is 6.63. The fraction of sp³-hybridized carbons (Fsp3) is 0.679. The molecule has 188 valence electrons. The summed E-state index contributed by atoms with van der Waals surface area (Å²) in [6.45, 7) is 14.3. The van der Waals surface area contributed by atoms with Gasteiger partial charge in [0.05, 0.1) is 6.04 Å². The van der Waals surface area contributed by atoms with E-state index in [2.05, 4.69) is 50.2 Å². The lowest BCUT2D eigenvalue weighted by Crippen LogP contribution is -2.46. The Morgan fingerprint density at radius 3 is 2.74 bits per heavy atom. The molecule has 2 heterocycles. The van der Waals surface area contributed by atoms with Crippen LogP contribution in [0.3, 0.4) is 0 Å². The molecule has 1 amide bonds. The number of allylic oxidation sites excluding steroid dienone is 1. The number of amides is 1. The average Bonchev–Trinajstić information content (AvgIpc) is 3.42. The third-order valence-electron chi connectivity index (χ3n) is 7.95. The Kier molecular flexibility index (Phi) is 7.88. The van der Waals surface area contributed by atoms with E-state index in [0.29, 0.717) is 24.0 Å². The minimum absolute atomic E-state index is 0.0682. The van der Waals surface area contributed by atoms with Crippen LogP contribution in [0.5, 0.6) is 11.5 Å². The zero-order chi connectivity index (χ0) is 24.3. The topological polar surface area (TPSA) is 62.8 Å². The van der Waals surface area contributed by atoms with Gasteiger partial charge in [0, 0.05) is 25.2 Å². The van der Waals surface area contributed by atoms with Crippen LogP contribution in [0, 0.1) is 5.41 Å². The minimum Gasteiger partial charge on any atom is -0.454 e. The van der Waals surface area contributed by atoms with Crippen molar-refractivity contribution in [1.82, 2.24) is 15.5 Å². The standard InChI is InChI=1S/C28H43N3O3/c1-19(2)31-17-22(29-14-11-23-20(3)7-6-12-28(23,4)5)16-24(31)27(32)30-13-10-21-8-9-25-26(15-21)34-18-33-25/h8-9,15,19,22,24,29H,6-7,10-14,16-18H2,1-5H3,(H,30,32)/t22-,24+/m1/s1. The van der Waals surface area contributed by atoms with Crippen molar-refractivity contribution in [2.75, 3.05) is 26.4 Å². The molecule has 2 atom stereocenters. The number of benzene rings is 1. The third kappa shape index (κ3) is 5.77. The molecule has 0 unspecified atom stereocenters. The molecule has 4 rings (SSSR count). The number of rotatable bonds is 9. The summed E-state index contributed by atoms with van der Waals surface area (Å²) in [5.41, 5.74) is 4.70. The van der Waals surface area contributed by atoms with Gasteiger partial charge in [-0.2, -0.15) is 0 Å². The van der Waals surface area contributed by atoms with Crippen LogP contribution in [-0.2, 0) is 11.2 Å². The normalized spacial score (nSPS) is 24.2. The summed E-state index contributed by atoms with van der Waals surface area (Å²) >= 11 is 0. The molecule has 6 nitrogen and oxygen atoms in total. The van der Waals surface area contributed by atoms with Crippen molar-refractivity contribution in [1.29, 1.82) is 0 Å². The van der Waals surface area contributed by atoms with E-state index in [4.69, 9.17) is 9.47 Å². The van der Waals surface area contributed by atoms with Crippen molar-refractivity contribution in [3.05, 3.63) is 34.9 Å². The number of nitrogens with zero attached hydrogens (tertiary/aromatic N) is 1. The molecule has 1 aromatic rings. The highest BCUT2D eigenvalue weighted by atomic mass is 16.7. The summed E-state index contributed by atoms with van der Waals surface area (Å²) in [7, 11) is 0. The van der Waals surface area contributed by atoms with E-state index in [1.54, 1.807) is 11.1 Å². The van der Waals surface area contributed by atoms with Gasteiger partial charge in [-0.3, -0.25) is 9.69 Å². The molecule has 1 fully saturated rings. The van der Waals surface area contributed by atoms with Crippen LogP contribution >= 0.6 is 0 Å². The zero-order valence-electron chi connectivity index (χ0n) is 21.7. The number of ether oxygens (including phenoxy) is 2. The van der Waals surface area contributed by atoms with Gasteiger partial charge in [-0.15, -0.1) is 0 Å². The summed E-state index contributed by atoms with van der Waals surface area (Å²) in [5, 5.41) is 6.96. The maximum absolute atomic E-state index is 13.1. The van der Waals surface area contributed by atoms with Gasteiger partial charge in [0.15, 0.2) is 11.5 Å². The number of fused-ring (bicyclic) bond motifs is 1. The van der Waals surface area contributed by atoms with Crippen molar-refractivity contribution in [2.45, 2.75) is 91.3 Å². The molecule has 3 aliphatic rings. The zero-order valence-corrected chi connectivity index (χ0v) is 21.7. The number of carbonyl (C=O) groups excluding carboxylic acids is 1. The van der Waals surface area contributed by atoms with Crippen molar-refractivity contribution in [3.8, 4) is 11.5 Å². The quantitative estimate of drug-likeness (QED) is 0.524. The van der Waals surface area contributed by atoms with Gasteiger partial charge in [-0.25, -0.2) is 0 Å². The molecule has 1 aromatic carbocycles. The molecule has 0 aromatic heterocycles. The minimum atomic E-state index is -0.0682. The van der Waals surface area contributed by atoms with Crippen LogP contribution in [0.2, 0.25) is 0 Å². The predicted octanol–water partition coefficient (Wildman–Crippen LogP) is 4.43. The average molecular weight is 470 g/mol. The van der Waals surface area contributed by atoms with Crippen LogP contribution < -0.4 is 20.1 Å². The molecule has 1 saturated heterocycles. The first-order valence-electron chi connectivity index (χ1n) is 13.1. The third-order valence-corrected chi connectivity index (χ3v) is 7.95. The number of carbonyl (C=O) groups is 1. The Bertz CT molecular complexity index is 908. The molecule has 6 heteroatoms. The van der Waals surface area contributed by atoms with Gasteiger partial charge in [0.2, 0.25) is 12.7 Å². The van der Waals surface area contributed by atoms with Crippen LogP contribution in [0.15, 0.2) is 29.3 Å². The first-order chi connectivity index (χ1) is 16.2. The SMILES string of the molecule is CC1=C(CCN[C@@H]2C[C@@H](C(=O)NCCc3ccc4c(c3)OCO4)N(C(C)C)C2)C(C)(C)CCC1. The lowest BCUT2D eigenvalue weighted by molar-refractivity contribution is -0.126. The summed E-state index contributed by atoms with van der Waals surface area (Å²) in [4.78, 5) is 15.4. The Morgan fingerprint density at radius 2 is 1.97 bits per heavy atom. The van der Waals surface area contributed by atoms with Gasteiger partial charge >= 0.3 is 0 Å². The van der Waals surface area contributed by atoms with E-state index in [0.717, 1.165) is 49.4 Å². The van der Waals surface area contributed by atoms with Gasteiger partial charge in [-0.05, 0) is 89.0 Å². The smallest absolute Gasteiger partial charge is 0.237 e. The van der Waals surface area contributed by atoms with Crippen molar-refractivity contribution in [3.63, 3.8) is 0 Å². The van der Waals surface area contributed by atoms with E-state index in [9.17, 15) is 4.79 Å². The van der Waals surface area contributed by atoms with E-state index in [1.165, 1.54) is 19.3 Å². The number of hydrogen-bond acceptors (Lipinski definition) is 5. The second-order valence-electron chi connectivity index (χ2n) is 11.2. The molecule has 1 aliphatic carbocycles. The van der Waals surface area contributed by atoms with Gasteiger partial charge in [0.25, 0.3) is 0 Å². The van der Waals surface area contributed by atoms with E-state index in [-0.39, 0.29) is 18.7 Å². The Labute approximate surface area is 205 Å². The molecule has 0 radical (unpaired) electrons. The first kappa shape index (κ1) is 25.1. The Morgan fingerprint density at radius 1 is 1.18 bits per heavy atom. The highest BCUT2D eigenvalue weighted by Gasteiger charge is 2.38. The molecular weight excluding hydrogens is 426 g/mol. The molecule has 2 N–H and O–H groups in total. The van der Waals surface area contributed by atoms with Gasteiger partial charge < -0.3 is 20.1 Å². The van der Waals surface area contributed by atoms with Crippen LogP contribution in [0.1, 0.15) is 72.3 Å². The molecule has 0 bridgehead atoms. The van der Waals surface area contributed by atoms with E-state index < -0.39 is 0 Å². The fourth-order valence-electron chi connectivity index (χ4n) is 6.01. The molecular formula is C28H43N3O3. The molecule has 0 spiro atoms. The largest absolute Gasteiger partial charge is 0.454 e. The summed E-state index contributed by atoms with van der Waals surface area (Å²) in [6.07, 6.45) is 6.62. The molecule has 34 heavy (non-hydrogen) atoms. The first-order valence-corrected chi connectivity index (χ1v) is 13.1. The van der Waals surface area contributed by atoms with Crippen LogP contribution in [0.4, 0.5) is 0 Å². The molecule has 0 saturated carbocycles. The number of nitrogens with one attached hydrogen (secondary N) is 2. The second-order valence-corrected chi connectivity index (χ2v) is 11.2. The second kappa shape index (κ2) is 10.7. The van der Waals surface area contributed by atoms with Crippen LogP contribution in [0.25, 0.3) is 0 Å².